The molecule has 0 radical (unpaired) electrons. The molecule has 110 valence electrons. The summed E-state index contributed by atoms with van der Waals surface area (Å²) in [7, 11) is 0. The van der Waals surface area contributed by atoms with E-state index >= 15 is 0 Å². The van der Waals surface area contributed by atoms with Crippen LogP contribution in [0.15, 0.2) is 53.4 Å². The number of carbonyl (C=O) groups excluding carboxylic acids is 1. The quantitative estimate of drug-likeness (QED) is 0.827. The summed E-state index contributed by atoms with van der Waals surface area (Å²) in [5.41, 5.74) is 0.0706. The third kappa shape index (κ3) is 4.26. The minimum Gasteiger partial charge on any atom is -0.348 e. The molecule has 2 aromatic rings. The highest BCUT2D eigenvalue weighted by Crippen LogP contribution is 2.29. The summed E-state index contributed by atoms with van der Waals surface area (Å²) in [6, 6.07) is 11.5. The lowest BCUT2D eigenvalue weighted by Crippen LogP contribution is -2.23. The van der Waals surface area contributed by atoms with Gasteiger partial charge in [-0.15, -0.1) is 12.6 Å². The number of nitrogens with one attached hydrogen (secondary N) is 1. The summed E-state index contributed by atoms with van der Waals surface area (Å²) >= 11 is 4.13. The predicted molar refractivity (Wildman–Crippen MR) is 76.3 cm³/mol. The summed E-state index contributed by atoms with van der Waals surface area (Å²) in [4.78, 5) is 12.5. The molecule has 0 bridgehead atoms. The smallest absolute Gasteiger partial charge is 0.348 e. The van der Waals surface area contributed by atoms with E-state index in [0.717, 1.165) is 12.1 Å². The molecule has 21 heavy (non-hydrogen) atoms. The Bertz CT molecular complexity index is 655. The lowest BCUT2D eigenvalue weighted by Gasteiger charge is -2.10. The topological polar surface area (TPSA) is 29.1 Å². The Morgan fingerprint density at radius 2 is 1.81 bits per heavy atom. The van der Waals surface area contributed by atoms with Gasteiger partial charge in [0.1, 0.15) is 0 Å². The second-order valence-corrected chi connectivity index (χ2v) is 4.95. The zero-order valence-corrected chi connectivity index (χ0v) is 11.7. The van der Waals surface area contributed by atoms with Gasteiger partial charge in [-0.25, -0.2) is 0 Å². The van der Waals surface area contributed by atoms with Crippen LogP contribution in [0.4, 0.5) is 13.2 Å². The molecule has 0 aromatic heterocycles. The van der Waals surface area contributed by atoms with Crippen molar-refractivity contribution in [2.75, 3.05) is 0 Å². The average molecular weight is 311 g/mol. The fraction of sp³-hybridized carbons (Fsp3) is 0.133. The van der Waals surface area contributed by atoms with Crippen LogP contribution in [-0.2, 0) is 12.7 Å². The fourth-order valence-corrected chi connectivity index (χ4v) is 2.01. The van der Waals surface area contributed by atoms with Crippen LogP contribution in [0.2, 0.25) is 0 Å². The number of carbonyl (C=O) groups is 1. The molecule has 2 rings (SSSR count). The van der Waals surface area contributed by atoms with E-state index in [1.165, 1.54) is 12.1 Å². The monoisotopic (exact) mass is 311 g/mol. The van der Waals surface area contributed by atoms with Crippen molar-refractivity contribution in [3.8, 4) is 0 Å². The second-order valence-electron chi connectivity index (χ2n) is 4.43. The molecule has 0 atom stereocenters. The van der Waals surface area contributed by atoms with Crippen molar-refractivity contribution < 1.29 is 18.0 Å². The Hall–Kier alpha value is -1.95. The van der Waals surface area contributed by atoms with Gasteiger partial charge < -0.3 is 5.32 Å². The minimum absolute atomic E-state index is 0.0273. The van der Waals surface area contributed by atoms with Crippen molar-refractivity contribution in [3.05, 3.63) is 65.2 Å². The number of benzene rings is 2. The van der Waals surface area contributed by atoms with Crippen LogP contribution >= 0.6 is 12.6 Å². The maximum atomic E-state index is 12.6. The molecule has 0 heterocycles. The van der Waals surface area contributed by atoms with Crippen molar-refractivity contribution in [2.24, 2.45) is 0 Å². The molecule has 1 N–H and O–H groups in total. The van der Waals surface area contributed by atoms with E-state index in [-0.39, 0.29) is 12.5 Å². The van der Waals surface area contributed by atoms with Crippen LogP contribution in [0.5, 0.6) is 0 Å². The Kier molecular flexibility index (Phi) is 4.57. The van der Waals surface area contributed by atoms with E-state index in [1.807, 2.05) is 0 Å². The summed E-state index contributed by atoms with van der Waals surface area (Å²) < 4.78 is 37.7. The highest BCUT2D eigenvalue weighted by atomic mass is 32.1. The molecule has 0 unspecified atom stereocenters. The number of thiol groups is 1. The van der Waals surface area contributed by atoms with Gasteiger partial charge >= 0.3 is 6.18 Å². The maximum absolute atomic E-state index is 12.6. The third-order valence-corrected chi connectivity index (χ3v) is 3.09. The minimum atomic E-state index is -4.39. The van der Waals surface area contributed by atoms with Crippen molar-refractivity contribution in [1.29, 1.82) is 0 Å². The lowest BCUT2D eigenvalue weighted by atomic mass is 10.1. The number of rotatable bonds is 3. The molecular weight excluding hydrogens is 299 g/mol. The van der Waals surface area contributed by atoms with Crippen LogP contribution in [-0.4, -0.2) is 5.91 Å². The zero-order chi connectivity index (χ0) is 15.5. The van der Waals surface area contributed by atoms with Crippen LogP contribution in [0.1, 0.15) is 21.5 Å². The summed E-state index contributed by atoms with van der Waals surface area (Å²) in [5.74, 6) is -0.358. The zero-order valence-electron chi connectivity index (χ0n) is 10.8. The number of hydrogen-bond donors (Lipinski definition) is 2. The SMILES string of the molecule is O=C(NCc1cccc(C(F)(F)F)c1)c1cccc(S)c1. The van der Waals surface area contributed by atoms with Crippen LogP contribution in [0.25, 0.3) is 0 Å². The van der Waals surface area contributed by atoms with Gasteiger partial charge in [0.25, 0.3) is 5.91 Å². The van der Waals surface area contributed by atoms with Crippen LogP contribution in [0.3, 0.4) is 0 Å². The first-order chi connectivity index (χ1) is 9.86. The van der Waals surface area contributed by atoms with E-state index < -0.39 is 11.7 Å². The molecule has 0 aliphatic rings. The fourth-order valence-electron chi connectivity index (χ4n) is 1.79. The number of amides is 1. The van der Waals surface area contributed by atoms with E-state index in [4.69, 9.17) is 0 Å². The van der Waals surface area contributed by atoms with E-state index in [2.05, 4.69) is 17.9 Å². The van der Waals surface area contributed by atoms with Gasteiger partial charge in [0.2, 0.25) is 0 Å². The van der Waals surface area contributed by atoms with Gasteiger partial charge in [-0.3, -0.25) is 4.79 Å². The lowest BCUT2D eigenvalue weighted by molar-refractivity contribution is -0.137. The number of halogens is 3. The first kappa shape index (κ1) is 15.4. The molecule has 0 saturated carbocycles. The second kappa shape index (κ2) is 6.22. The van der Waals surface area contributed by atoms with Gasteiger partial charge in [-0.2, -0.15) is 13.2 Å². The third-order valence-electron chi connectivity index (χ3n) is 2.82. The Morgan fingerprint density at radius 3 is 2.48 bits per heavy atom. The molecule has 0 aliphatic carbocycles. The molecule has 0 spiro atoms. The highest BCUT2D eigenvalue weighted by molar-refractivity contribution is 7.80. The Balaban J connectivity index is 2.05. The van der Waals surface area contributed by atoms with Gasteiger partial charge in [-0.1, -0.05) is 18.2 Å². The molecule has 0 aliphatic heterocycles. The van der Waals surface area contributed by atoms with E-state index in [9.17, 15) is 18.0 Å². The van der Waals surface area contributed by atoms with Crippen LogP contribution in [0, 0.1) is 0 Å². The summed E-state index contributed by atoms with van der Waals surface area (Å²) in [6.07, 6.45) is -4.39. The van der Waals surface area contributed by atoms with Crippen molar-refractivity contribution in [2.45, 2.75) is 17.6 Å². The van der Waals surface area contributed by atoms with E-state index in [1.54, 1.807) is 24.3 Å². The Labute approximate surface area is 125 Å². The van der Waals surface area contributed by atoms with Crippen molar-refractivity contribution >= 4 is 18.5 Å². The number of alkyl halides is 3. The molecule has 2 aromatic carbocycles. The largest absolute Gasteiger partial charge is 0.416 e. The van der Waals surface area contributed by atoms with E-state index in [0.29, 0.717) is 16.0 Å². The van der Waals surface area contributed by atoms with Gasteiger partial charge in [0, 0.05) is 17.0 Å². The van der Waals surface area contributed by atoms with Gasteiger partial charge in [-0.05, 0) is 35.9 Å². The van der Waals surface area contributed by atoms with Gasteiger partial charge in [0.05, 0.1) is 5.56 Å². The molecule has 6 heteroatoms. The predicted octanol–water partition coefficient (Wildman–Crippen LogP) is 3.92. The maximum Gasteiger partial charge on any atom is 0.416 e. The van der Waals surface area contributed by atoms with Gasteiger partial charge in [0.15, 0.2) is 0 Å². The molecular formula is C15H12F3NOS. The summed E-state index contributed by atoms with van der Waals surface area (Å²) in [5, 5.41) is 2.58. The summed E-state index contributed by atoms with van der Waals surface area (Å²) in [6.45, 7) is 0.0273. The average Bonchev–Trinajstić information content (AvgIpc) is 2.44. The van der Waals surface area contributed by atoms with Crippen molar-refractivity contribution in [1.82, 2.24) is 5.32 Å². The number of hydrogen-bond acceptors (Lipinski definition) is 2. The first-order valence-electron chi connectivity index (χ1n) is 6.09. The highest BCUT2D eigenvalue weighted by Gasteiger charge is 2.30. The Morgan fingerprint density at radius 1 is 1.10 bits per heavy atom. The first-order valence-corrected chi connectivity index (χ1v) is 6.54. The molecule has 0 fully saturated rings. The van der Waals surface area contributed by atoms with Crippen molar-refractivity contribution in [3.63, 3.8) is 0 Å². The van der Waals surface area contributed by atoms with Crippen LogP contribution < -0.4 is 5.32 Å². The molecule has 2 nitrogen and oxygen atoms in total. The normalized spacial score (nSPS) is 11.2. The standard InChI is InChI=1S/C15H12F3NOS/c16-15(17,18)12-5-1-3-10(7-12)9-19-14(20)11-4-2-6-13(21)8-11/h1-8,21H,9H2,(H,19,20). The molecule has 0 saturated heterocycles. The molecule has 1 amide bonds.